The molecule has 2 aliphatic carbocycles. The van der Waals surface area contributed by atoms with Gasteiger partial charge in [0.05, 0.1) is 0 Å². The van der Waals surface area contributed by atoms with E-state index in [1.807, 2.05) is 0 Å². The Labute approximate surface area is 90.0 Å². The fourth-order valence-corrected chi connectivity index (χ4v) is 3.00. The van der Waals surface area contributed by atoms with Crippen molar-refractivity contribution in [2.45, 2.75) is 25.3 Å². The average Bonchev–Trinajstić information content (AvgIpc) is 2.77. The zero-order valence-corrected chi connectivity index (χ0v) is 9.04. The Morgan fingerprint density at radius 1 is 1.33 bits per heavy atom. The summed E-state index contributed by atoms with van der Waals surface area (Å²) in [5.41, 5.74) is 2.16. The van der Waals surface area contributed by atoms with Gasteiger partial charge >= 0.3 is 0 Å². The summed E-state index contributed by atoms with van der Waals surface area (Å²) in [4.78, 5) is 2.36. The number of allylic oxidation sites excluding steroid dienone is 4. The largest absolute Gasteiger partial charge is 0.299 e. The normalized spacial score (nSPS) is 35.2. The van der Waals surface area contributed by atoms with E-state index in [0.717, 1.165) is 25.0 Å². The van der Waals surface area contributed by atoms with Crippen molar-refractivity contribution < 1.29 is 4.39 Å². The Hall–Kier alpha value is -0.890. The van der Waals surface area contributed by atoms with E-state index in [-0.39, 0.29) is 5.83 Å². The van der Waals surface area contributed by atoms with Crippen LogP contribution in [0.4, 0.5) is 4.39 Å². The lowest BCUT2D eigenvalue weighted by Crippen LogP contribution is -2.26. The van der Waals surface area contributed by atoms with E-state index >= 15 is 0 Å². The molecule has 0 aromatic carbocycles. The molecule has 1 aliphatic heterocycles. The first-order valence-corrected chi connectivity index (χ1v) is 5.74. The molecule has 0 saturated carbocycles. The molecule has 80 valence electrons. The molecule has 2 atom stereocenters. The van der Waals surface area contributed by atoms with Crippen molar-refractivity contribution in [2.24, 2.45) is 5.92 Å². The first kappa shape index (κ1) is 9.34. The maximum absolute atomic E-state index is 13.7. The molecule has 3 aliphatic rings. The van der Waals surface area contributed by atoms with Gasteiger partial charge < -0.3 is 0 Å². The van der Waals surface area contributed by atoms with Gasteiger partial charge in [0.25, 0.3) is 0 Å². The molecule has 1 saturated heterocycles. The van der Waals surface area contributed by atoms with Crippen LogP contribution in [0.5, 0.6) is 0 Å². The maximum atomic E-state index is 13.7. The Bertz CT molecular complexity index is 378. The number of fused-ring (bicyclic) bond motifs is 2. The zero-order valence-electron chi connectivity index (χ0n) is 9.04. The number of likely N-dealkylation sites (N-methyl/N-ethyl adjacent to an activating group) is 1. The second-order valence-electron chi connectivity index (χ2n) is 4.81. The quantitative estimate of drug-likeness (QED) is 0.636. The smallest absolute Gasteiger partial charge is 0.126 e. The van der Waals surface area contributed by atoms with Crippen molar-refractivity contribution in [3.8, 4) is 0 Å². The molecule has 2 heteroatoms. The van der Waals surface area contributed by atoms with Crippen molar-refractivity contribution in [3.05, 3.63) is 35.2 Å². The summed E-state index contributed by atoms with van der Waals surface area (Å²) in [6.45, 7) is 1.10. The van der Waals surface area contributed by atoms with Crippen molar-refractivity contribution in [1.82, 2.24) is 4.90 Å². The summed E-state index contributed by atoms with van der Waals surface area (Å²) in [6, 6.07) is 0.556. The molecule has 1 fully saturated rings. The van der Waals surface area contributed by atoms with Crippen LogP contribution in [0.2, 0.25) is 0 Å². The Morgan fingerprint density at radius 3 is 2.73 bits per heavy atom. The molecular weight excluding hydrogens is 189 g/mol. The van der Waals surface area contributed by atoms with Gasteiger partial charge in [0.2, 0.25) is 0 Å². The third kappa shape index (κ3) is 1.39. The molecule has 2 bridgehead atoms. The lowest BCUT2D eigenvalue weighted by Gasteiger charge is -2.23. The summed E-state index contributed by atoms with van der Waals surface area (Å²) in [7, 11) is 2.15. The fourth-order valence-electron chi connectivity index (χ4n) is 3.00. The van der Waals surface area contributed by atoms with Crippen LogP contribution in [0.25, 0.3) is 0 Å². The fraction of sp³-hybridized carbons (Fsp3) is 0.538. The molecule has 1 heterocycles. The number of rotatable bonds is 1. The van der Waals surface area contributed by atoms with Crippen LogP contribution in [0, 0.1) is 5.92 Å². The van der Waals surface area contributed by atoms with Crippen LogP contribution in [0.3, 0.4) is 0 Å². The number of likely N-dealkylation sites (tertiary alicyclic amines) is 1. The number of halogens is 1. The van der Waals surface area contributed by atoms with Crippen LogP contribution in [-0.4, -0.2) is 24.5 Å². The second kappa shape index (κ2) is 3.31. The second-order valence-corrected chi connectivity index (χ2v) is 4.81. The molecule has 0 aromatic rings. The van der Waals surface area contributed by atoms with Gasteiger partial charge in [-0.2, -0.15) is 0 Å². The molecule has 0 spiro atoms. The van der Waals surface area contributed by atoms with Gasteiger partial charge in [-0.3, -0.25) is 4.90 Å². The third-order valence-electron chi connectivity index (χ3n) is 3.82. The average molecular weight is 205 g/mol. The molecule has 0 aromatic heterocycles. The first-order chi connectivity index (χ1) is 7.25. The van der Waals surface area contributed by atoms with Crippen molar-refractivity contribution >= 4 is 0 Å². The van der Waals surface area contributed by atoms with Gasteiger partial charge in [-0.1, -0.05) is 12.2 Å². The summed E-state index contributed by atoms with van der Waals surface area (Å²) < 4.78 is 13.7. The standard InChI is InChI=1S/C13H16FN/c1-15-8-9-6-10(15)7-12(9)11-4-2-3-5-13(11)14/h4-5,7,9-10H,2-3,6,8H2,1H3. The predicted octanol–water partition coefficient (Wildman–Crippen LogP) is 2.82. The predicted molar refractivity (Wildman–Crippen MR) is 59.1 cm³/mol. The summed E-state index contributed by atoms with van der Waals surface area (Å²) in [5, 5.41) is 0. The van der Waals surface area contributed by atoms with E-state index in [1.54, 1.807) is 6.08 Å². The molecule has 0 amide bonds. The van der Waals surface area contributed by atoms with E-state index < -0.39 is 0 Å². The lowest BCUT2D eigenvalue weighted by atomic mass is 9.91. The summed E-state index contributed by atoms with van der Waals surface area (Å²) in [6.07, 6.45) is 9.10. The molecule has 3 rings (SSSR count). The monoisotopic (exact) mass is 205 g/mol. The minimum absolute atomic E-state index is 0.00250. The van der Waals surface area contributed by atoms with Gasteiger partial charge in [-0.15, -0.1) is 0 Å². The Kier molecular flexibility index (Phi) is 2.06. The number of hydrogen-bond acceptors (Lipinski definition) is 1. The van der Waals surface area contributed by atoms with Crippen LogP contribution >= 0.6 is 0 Å². The highest BCUT2D eigenvalue weighted by Crippen LogP contribution is 2.42. The number of nitrogens with zero attached hydrogens (tertiary/aromatic N) is 1. The highest BCUT2D eigenvalue weighted by atomic mass is 19.1. The minimum Gasteiger partial charge on any atom is -0.299 e. The topological polar surface area (TPSA) is 3.24 Å². The van der Waals surface area contributed by atoms with Gasteiger partial charge in [-0.25, -0.2) is 4.39 Å². The summed E-state index contributed by atoms with van der Waals surface area (Å²) >= 11 is 0. The zero-order chi connectivity index (χ0) is 10.4. The maximum Gasteiger partial charge on any atom is 0.126 e. The molecule has 2 unspecified atom stereocenters. The van der Waals surface area contributed by atoms with E-state index in [0.29, 0.717) is 12.0 Å². The SMILES string of the molecule is CN1CC2CC1C=C2C1=CCCC=C1F. The van der Waals surface area contributed by atoms with E-state index in [2.05, 4.69) is 24.1 Å². The van der Waals surface area contributed by atoms with Gasteiger partial charge in [0, 0.05) is 18.2 Å². The Balaban J connectivity index is 1.91. The van der Waals surface area contributed by atoms with Crippen molar-refractivity contribution in [1.29, 1.82) is 0 Å². The first-order valence-electron chi connectivity index (χ1n) is 5.74. The van der Waals surface area contributed by atoms with Crippen molar-refractivity contribution in [3.63, 3.8) is 0 Å². The minimum atomic E-state index is 0.00250. The number of hydrogen-bond donors (Lipinski definition) is 0. The van der Waals surface area contributed by atoms with Gasteiger partial charge in [0.15, 0.2) is 0 Å². The van der Waals surface area contributed by atoms with Crippen LogP contribution in [0.15, 0.2) is 35.2 Å². The van der Waals surface area contributed by atoms with Crippen LogP contribution in [0.1, 0.15) is 19.3 Å². The Morgan fingerprint density at radius 2 is 2.13 bits per heavy atom. The molecular formula is C13H16FN. The molecule has 1 nitrogen and oxygen atoms in total. The molecule has 15 heavy (non-hydrogen) atoms. The van der Waals surface area contributed by atoms with Crippen molar-refractivity contribution in [2.75, 3.05) is 13.6 Å². The van der Waals surface area contributed by atoms with Crippen LogP contribution in [-0.2, 0) is 0 Å². The van der Waals surface area contributed by atoms with E-state index in [9.17, 15) is 4.39 Å². The third-order valence-corrected chi connectivity index (χ3v) is 3.82. The highest BCUT2D eigenvalue weighted by molar-refractivity contribution is 5.50. The highest BCUT2D eigenvalue weighted by Gasteiger charge is 2.38. The van der Waals surface area contributed by atoms with E-state index in [1.165, 1.54) is 12.0 Å². The van der Waals surface area contributed by atoms with E-state index in [4.69, 9.17) is 0 Å². The van der Waals surface area contributed by atoms with Crippen LogP contribution < -0.4 is 0 Å². The lowest BCUT2D eigenvalue weighted by molar-refractivity contribution is 0.341. The molecule has 0 radical (unpaired) electrons. The van der Waals surface area contributed by atoms with Gasteiger partial charge in [0.1, 0.15) is 5.83 Å². The summed E-state index contributed by atoms with van der Waals surface area (Å²) in [5.74, 6) is 0.575. The molecule has 0 N–H and O–H groups in total. The van der Waals surface area contributed by atoms with Gasteiger partial charge in [-0.05, 0) is 43.9 Å².